The SMILES string of the molecule is O=C(O)c1ccn(CCn2cccn2)c1. The maximum absolute atomic E-state index is 10.6. The molecule has 0 spiro atoms. The summed E-state index contributed by atoms with van der Waals surface area (Å²) < 4.78 is 3.64. The average Bonchev–Trinajstić information content (AvgIpc) is 2.86. The minimum Gasteiger partial charge on any atom is -0.478 e. The van der Waals surface area contributed by atoms with E-state index in [0.717, 1.165) is 13.1 Å². The second-order valence-corrected chi connectivity index (χ2v) is 3.21. The van der Waals surface area contributed by atoms with Crippen LogP contribution in [-0.2, 0) is 13.1 Å². The first kappa shape index (κ1) is 9.51. The first-order valence-corrected chi connectivity index (χ1v) is 4.62. The smallest absolute Gasteiger partial charge is 0.337 e. The van der Waals surface area contributed by atoms with Gasteiger partial charge >= 0.3 is 5.97 Å². The quantitative estimate of drug-likeness (QED) is 0.812. The van der Waals surface area contributed by atoms with Gasteiger partial charge in [-0.25, -0.2) is 4.79 Å². The van der Waals surface area contributed by atoms with Crippen LogP contribution < -0.4 is 0 Å². The summed E-state index contributed by atoms with van der Waals surface area (Å²) in [5, 5.41) is 12.8. The molecule has 0 aliphatic heterocycles. The fourth-order valence-corrected chi connectivity index (χ4v) is 1.36. The van der Waals surface area contributed by atoms with Gasteiger partial charge in [-0.05, 0) is 12.1 Å². The molecule has 78 valence electrons. The molecule has 0 aromatic carbocycles. The van der Waals surface area contributed by atoms with E-state index in [9.17, 15) is 4.79 Å². The van der Waals surface area contributed by atoms with Gasteiger partial charge in [0.1, 0.15) is 0 Å². The van der Waals surface area contributed by atoms with E-state index in [1.807, 2.05) is 16.8 Å². The van der Waals surface area contributed by atoms with Crippen LogP contribution in [0.1, 0.15) is 10.4 Å². The van der Waals surface area contributed by atoms with Gasteiger partial charge in [-0.2, -0.15) is 5.10 Å². The highest BCUT2D eigenvalue weighted by molar-refractivity contribution is 5.87. The fraction of sp³-hybridized carbons (Fsp3) is 0.200. The molecule has 0 aliphatic rings. The molecule has 0 saturated carbocycles. The Morgan fingerprint density at radius 1 is 1.40 bits per heavy atom. The lowest BCUT2D eigenvalue weighted by Gasteiger charge is -2.02. The molecule has 0 fully saturated rings. The second kappa shape index (κ2) is 4.00. The van der Waals surface area contributed by atoms with Crippen molar-refractivity contribution in [1.82, 2.24) is 14.3 Å². The van der Waals surface area contributed by atoms with Crippen LogP contribution in [0.2, 0.25) is 0 Å². The number of hydrogen-bond donors (Lipinski definition) is 1. The Labute approximate surface area is 86.6 Å². The van der Waals surface area contributed by atoms with Gasteiger partial charge in [-0.15, -0.1) is 0 Å². The molecule has 0 amide bonds. The van der Waals surface area contributed by atoms with Gasteiger partial charge in [0, 0.05) is 31.3 Å². The summed E-state index contributed by atoms with van der Waals surface area (Å²) in [6.45, 7) is 1.45. The van der Waals surface area contributed by atoms with Crippen LogP contribution in [0.3, 0.4) is 0 Å². The molecule has 5 nitrogen and oxygen atoms in total. The van der Waals surface area contributed by atoms with Crippen molar-refractivity contribution in [2.75, 3.05) is 0 Å². The lowest BCUT2D eigenvalue weighted by atomic mass is 10.4. The predicted molar refractivity (Wildman–Crippen MR) is 53.6 cm³/mol. The molecule has 0 unspecified atom stereocenters. The van der Waals surface area contributed by atoms with E-state index in [2.05, 4.69) is 5.10 Å². The van der Waals surface area contributed by atoms with Crippen molar-refractivity contribution in [3.63, 3.8) is 0 Å². The number of rotatable bonds is 4. The largest absolute Gasteiger partial charge is 0.478 e. The highest BCUT2D eigenvalue weighted by atomic mass is 16.4. The Morgan fingerprint density at radius 2 is 2.27 bits per heavy atom. The molecule has 1 N–H and O–H groups in total. The zero-order chi connectivity index (χ0) is 10.7. The summed E-state index contributed by atoms with van der Waals surface area (Å²) in [5.74, 6) is -0.896. The summed E-state index contributed by atoms with van der Waals surface area (Å²) >= 11 is 0. The number of aromatic nitrogens is 3. The monoisotopic (exact) mass is 205 g/mol. The lowest BCUT2D eigenvalue weighted by Crippen LogP contribution is -2.06. The fourth-order valence-electron chi connectivity index (χ4n) is 1.36. The van der Waals surface area contributed by atoms with Crippen molar-refractivity contribution >= 4 is 5.97 Å². The molecule has 2 heterocycles. The topological polar surface area (TPSA) is 60.0 Å². The van der Waals surface area contributed by atoms with Gasteiger partial charge in [0.2, 0.25) is 0 Å². The van der Waals surface area contributed by atoms with Crippen molar-refractivity contribution in [3.05, 3.63) is 42.5 Å². The van der Waals surface area contributed by atoms with Crippen molar-refractivity contribution in [2.45, 2.75) is 13.1 Å². The van der Waals surface area contributed by atoms with Gasteiger partial charge in [0.05, 0.1) is 12.1 Å². The van der Waals surface area contributed by atoms with Gasteiger partial charge in [-0.3, -0.25) is 4.68 Å². The van der Waals surface area contributed by atoms with Gasteiger partial charge < -0.3 is 9.67 Å². The zero-order valence-electron chi connectivity index (χ0n) is 8.08. The normalized spacial score (nSPS) is 10.4. The number of aryl methyl sites for hydroxylation is 2. The molecule has 0 radical (unpaired) electrons. The molecule has 0 saturated heterocycles. The van der Waals surface area contributed by atoms with Gasteiger partial charge in [-0.1, -0.05) is 0 Å². The van der Waals surface area contributed by atoms with E-state index in [1.165, 1.54) is 0 Å². The Balaban J connectivity index is 1.96. The summed E-state index contributed by atoms with van der Waals surface area (Å²) in [5.41, 5.74) is 0.315. The Morgan fingerprint density at radius 3 is 2.87 bits per heavy atom. The third kappa shape index (κ3) is 2.25. The zero-order valence-corrected chi connectivity index (χ0v) is 8.08. The number of carbonyl (C=O) groups is 1. The molecule has 2 aromatic rings. The Hall–Kier alpha value is -2.04. The minimum absolute atomic E-state index is 0.315. The van der Waals surface area contributed by atoms with E-state index in [0.29, 0.717) is 5.56 Å². The van der Waals surface area contributed by atoms with Crippen LogP contribution in [-0.4, -0.2) is 25.4 Å². The number of hydrogen-bond acceptors (Lipinski definition) is 2. The third-order valence-corrected chi connectivity index (χ3v) is 2.14. The standard InChI is InChI=1S/C10H11N3O2/c14-10(15)9-2-5-12(8-9)6-7-13-4-1-3-11-13/h1-5,8H,6-7H2,(H,14,15). The number of aromatic carboxylic acids is 1. The average molecular weight is 205 g/mol. The van der Waals surface area contributed by atoms with E-state index in [1.54, 1.807) is 29.3 Å². The van der Waals surface area contributed by atoms with Crippen molar-refractivity contribution in [1.29, 1.82) is 0 Å². The molecule has 2 aromatic heterocycles. The van der Waals surface area contributed by atoms with Crippen LogP contribution in [0.25, 0.3) is 0 Å². The summed E-state index contributed by atoms with van der Waals surface area (Å²) in [7, 11) is 0. The Bertz CT molecular complexity index is 445. The van der Waals surface area contributed by atoms with Crippen molar-refractivity contribution in [3.8, 4) is 0 Å². The number of carboxylic acids is 1. The maximum Gasteiger partial charge on any atom is 0.337 e. The van der Waals surface area contributed by atoms with Crippen LogP contribution in [0.4, 0.5) is 0 Å². The van der Waals surface area contributed by atoms with Gasteiger partial charge in [0.15, 0.2) is 0 Å². The first-order valence-electron chi connectivity index (χ1n) is 4.62. The second-order valence-electron chi connectivity index (χ2n) is 3.21. The minimum atomic E-state index is -0.896. The van der Waals surface area contributed by atoms with E-state index in [4.69, 9.17) is 5.11 Å². The van der Waals surface area contributed by atoms with Crippen LogP contribution in [0, 0.1) is 0 Å². The van der Waals surface area contributed by atoms with Crippen LogP contribution in [0.15, 0.2) is 36.9 Å². The van der Waals surface area contributed by atoms with Crippen LogP contribution in [0.5, 0.6) is 0 Å². The Kier molecular flexibility index (Phi) is 2.53. The van der Waals surface area contributed by atoms with E-state index < -0.39 is 5.97 Å². The maximum atomic E-state index is 10.6. The van der Waals surface area contributed by atoms with Crippen molar-refractivity contribution in [2.24, 2.45) is 0 Å². The summed E-state index contributed by atoms with van der Waals surface area (Å²) in [4.78, 5) is 10.6. The number of carboxylic acid groups (broad SMARTS) is 1. The van der Waals surface area contributed by atoms with Crippen molar-refractivity contribution < 1.29 is 9.90 Å². The first-order chi connectivity index (χ1) is 7.25. The third-order valence-electron chi connectivity index (χ3n) is 2.14. The molecular weight excluding hydrogens is 194 g/mol. The van der Waals surface area contributed by atoms with E-state index in [-0.39, 0.29) is 0 Å². The molecule has 0 bridgehead atoms. The molecule has 0 atom stereocenters. The highest BCUT2D eigenvalue weighted by Gasteiger charge is 2.03. The van der Waals surface area contributed by atoms with Gasteiger partial charge in [0.25, 0.3) is 0 Å². The number of nitrogens with zero attached hydrogens (tertiary/aromatic N) is 3. The molecule has 5 heteroatoms. The lowest BCUT2D eigenvalue weighted by molar-refractivity contribution is 0.0697. The molecule has 15 heavy (non-hydrogen) atoms. The molecule has 0 aliphatic carbocycles. The highest BCUT2D eigenvalue weighted by Crippen LogP contribution is 2.01. The summed E-state index contributed by atoms with van der Waals surface area (Å²) in [6, 6.07) is 3.45. The summed E-state index contributed by atoms with van der Waals surface area (Å²) in [6.07, 6.45) is 6.97. The van der Waals surface area contributed by atoms with Crippen LogP contribution >= 0.6 is 0 Å². The molecular formula is C10H11N3O2. The van der Waals surface area contributed by atoms with E-state index >= 15 is 0 Å². The predicted octanol–water partition coefficient (Wildman–Crippen LogP) is 1.08. The molecule has 2 rings (SSSR count).